The van der Waals surface area contributed by atoms with Crippen molar-refractivity contribution >= 4 is 34.3 Å². The summed E-state index contributed by atoms with van der Waals surface area (Å²) in [6.07, 6.45) is -2.01. The van der Waals surface area contributed by atoms with Crippen LogP contribution in [0.5, 0.6) is 0 Å². The first-order valence-electron chi connectivity index (χ1n) is 13.2. The first-order chi connectivity index (χ1) is 20.5. The van der Waals surface area contributed by atoms with E-state index in [-0.39, 0.29) is 0 Å². The third-order valence-electron chi connectivity index (χ3n) is 6.59. The molecule has 0 radical (unpaired) electrons. The molecule has 0 bridgehead atoms. The molecule has 0 aliphatic carbocycles. The highest BCUT2D eigenvalue weighted by molar-refractivity contribution is 7.07. The van der Waals surface area contributed by atoms with Crippen LogP contribution in [0.3, 0.4) is 0 Å². The summed E-state index contributed by atoms with van der Waals surface area (Å²) < 4.78 is 67.6. The molecule has 1 aliphatic rings. The number of alkyl halides is 6. The smallest absolute Gasteiger partial charge is 0.475 e. The number of imidazole rings is 1. The van der Waals surface area contributed by atoms with Crippen LogP contribution in [0.2, 0.25) is 0 Å². The lowest BCUT2D eigenvalue weighted by atomic mass is 9.92. The maximum Gasteiger partial charge on any atom is 0.490 e. The zero-order valence-electron chi connectivity index (χ0n) is 23.8. The quantitative estimate of drug-likeness (QED) is 0.248. The molecule has 0 saturated carbocycles. The summed E-state index contributed by atoms with van der Waals surface area (Å²) >= 11 is 1.78. The topological polar surface area (TPSA) is 126 Å². The average Bonchev–Trinajstić information content (AvgIpc) is 3.69. The average molecular weight is 649 g/mol. The Hall–Kier alpha value is -3.99. The summed E-state index contributed by atoms with van der Waals surface area (Å²) in [7, 11) is 1.94. The van der Waals surface area contributed by atoms with Gasteiger partial charge in [0.25, 0.3) is 0 Å². The van der Waals surface area contributed by atoms with Crippen molar-refractivity contribution in [1.82, 2.24) is 29.2 Å². The van der Waals surface area contributed by atoms with Crippen molar-refractivity contribution in [1.29, 1.82) is 0 Å². The predicted molar refractivity (Wildman–Crippen MR) is 149 cm³/mol. The van der Waals surface area contributed by atoms with E-state index in [0.29, 0.717) is 12.0 Å². The van der Waals surface area contributed by atoms with Crippen LogP contribution in [0.15, 0.2) is 41.6 Å². The van der Waals surface area contributed by atoms with Crippen LogP contribution in [0.1, 0.15) is 49.9 Å². The van der Waals surface area contributed by atoms with Crippen LogP contribution >= 0.6 is 11.3 Å². The predicted octanol–water partition coefficient (Wildman–Crippen LogP) is 6.12. The van der Waals surface area contributed by atoms with E-state index < -0.39 is 24.3 Å². The Bertz CT molecular complexity index is 1520. The number of aromatic nitrogens is 5. The highest BCUT2D eigenvalue weighted by atomic mass is 32.1. The van der Waals surface area contributed by atoms with Crippen LogP contribution in [-0.2, 0) is 23.2 Å². The van der Waals surface area contributed by atoms with Gasteiger partial charge in [0.05, 0.1) is 18.0 Å². The molecule has 0 unspecified atom stereocenters. The Morgan fingerprint density at radius 1 is 1.07 bits per heavy atom. The van der Waals surface area contributed by atoms with Crippen LogP contribution in [0.25, 0.3) is 22.3 Å². The van der Waals surface area contributed by atoms with Gasteiger partial charge < -0.3 is 14.8 Å². The number of carboxylic acids is 2. The fraction of sp³-hybridized carbons (Fsp3) is 0.444. The molecule has 0 spiro atoms. The van der Waals surface area contributed by atoms with Gasteiger partial charge >= 0.3 is 24.3 Å². The van der Waals surface area contributed by atoms with E-state index in [1.54, 1.807) is 11.3 Å². The number of piperidine rings is 1. The molecule has 1 aliphatic heterocycles. The number of carbonyl (C=O) groups is 2. The molecule has 17 heteroatoms. The normalized spacial score (nSPS) is 14.6. The van der Waals surface area contributed by atoms with E-state index in [2.05, 4.69) is 51.3 Å². The highest BCUT2D eigenvalue weighted by Crippen LogP contribution is 2.34. The van der Waals surface area contributed by atoms with Crippen molar-refractivity contribution in [3.63, 3.8) is 0 Å². The minimum atomic E-state index is -5.08. The summed E-state index contributed by atoms with van der Waals surface area (Å²) in [5, 5.41) is 23.0. The number of thiophene rings is 1. The number of aliphatic carboxylic acids is 2. The van der Waals surface area contributed by atoms with Crippen LogP contribution < -0.4 is 0 Å². The first kappa shape index (κ1) is 34.5. The van der Waals surface area contributed by atoms with Gasteiger partial charge in [0.2, 0.25) is 0 Å². The number of fused-ring (bicyclic) bond motifs is 1. The molecule has 4 aromatic rings. The molecule has 0 aromatic carbocycles. The first-order valence-corrected chi connectivity index (χ1v) is 14.1. The van der Waals surface area contributed by atoms with Gasteiger partial charge in [-0.05, 0) is 68.2 Å². The number of rotatable bonds is 5. The second-order valence-electron chi connectivity index (χ2n) is 10.2. The fourth-order valence-corrected chi connectivity index (χ4v) is 5.10. The van der Waals surface area contributed by atoms with Crippen LogP contribution in [0, 0.1) is 0 Å². The summed E-state index contributed by atoms with van der Waals surface area (Å²) in [5.41, 5.74) is 6.76. The van der Waals surface area contributed by atoms with E-state index in [1.807, 2.05) is 30.5 Å². The second-order valence-corrected chi connectivity index (χ2v) is 11.0. The molecule has 5 heterocycles. The summed E-state index contributed by atoms with van der Waals surface area (Å²) in [6, 6.07) is 4.88. The molecule has 5 rings (SSSR count). The number of hydrogen-bond donors (Lipinski definition) is 2. The van der Waals surface area contributed by atoms with Crippen molar-refractivity contribution in [2.24, 2.45) is 7.05 Å². The van der Waals surface area contributed by atoms with Crippen LogP contribution in [-0.4, -0.2) is 76.8 Å². The monoisotopic (exact) mass is 648 g/mol. The zero-order valence-corrected chi connectivity index (χ0v) is 24.6. The minimum absolute atomic E-state index is 0.361. The maximum absolute atomic E-state index is 10.6. The molecular weight excluding hydrogens is 618 g/mol. The zero-order chi connectivity index (χ0) is 32.8. The molecular formula is C27H30F6N6O4S. The standard InChI is InChI=1S/C23H28N6S.2C2HF3O2/c1-16(2)29-15-24-23-21(29)10-20(26-22(23)19-11-25-27(3)13-19)18-4-7-28(8-5-18)12-17-6-9-30-14-17;2*3-2(4,5)1(6)7/h6,9-11,13-16,18H,4-5,7-8,12H2,1-3H3;2*(H,6,7). The van der Waals surface area contributed by atoms with Gasteiger partial charge in [-0.2, -0.15) is 42.8 Å². The fourth-order valence-electron chi connectivity index (χ4n) is 4.44. The lowest BCUT2D eigenvalue weighted by Crippen LogP contribution is -2.32. The van der Waals surface area contributed by atoms with Crippen molar-refractivity contribution in [3.8, 4) is 11.3 Å². The summed E-state index contributed by atoms with van der Waals surface area (Å²) in [6.45, 7) is 7.70. The SMILES string of the molecule is CC(C)n1cnc2c(-c3cnn(C)c3)nc(C3CCN(Cc4ccsc4)CC3)cc21.O=C(O)C(F)(F)F.O=C(O)C(F)(F)F. The molecule has 240 valence electrons. The third-order valence-corrected chi connectivity index (χ3v) is 7.33. The van der Waals surface area contributed by atoms with Gasteiger partial charge in [0.15, 0.2) is 0 Å². The Balaban J connectivity index is 0.000000317. The molecule has 10 nitrogen and oxygen atoms in total. The van der Waals surface area contributed by atoms with E-state index >= 15 is 0 Å². The second kappa shape index (κ2) is 14.2. The number of carboxylic acid groups (broad SMARTS) is 2. The lowest BCUT2D eigenvalue weighted by molar-refractivity contribution is -0.193. The van der Waals surface area contributed by atoms with Gasteiger partial charge in [0, 0.05) is 43.0 Å². The van der Waals surface area contributed by atoms with Gasteiger partial charge in [0.1, 0.15) is 11.2 Å². The van der Waals surface area contributed by atoms with Gasteiger partial charge in [-0.15, -0.1) is 0 Å². The van der Waals surface area contributed by atoms with Crippen LogP contribution in [0.4, 0.5) is 26.3 Å². The van der Waals surface area contributed by atoms with E-state index in [9.17, 15) is 26.3 Å². The third kappa shape index (κ3) is 9.25. The lowest BCUT2D eigenvalue weighted by Gasteiger charge is -2.31. The van der Waals surface area contributed by atoms with Crippen molar-refractivity contribution in [3.05, 3.63) is 52.9 Å². The van der Waals surface area contributed by atoms with Gasteiger partial charge in [-0.1, -0.05) is 0 Å². The Morgan fingerprint density at radius 3 is 2.11 bits per heavy atom. The molecule has 44 heavy (non-hydrogen) atoms. The van der Waals surface area contributed by atoms with E-state index in [0.717, 1.165) is 49.2 Å². The summed E-state index contributed by atoms with van der Waals surface area (Å²) in [5.74, 6) is -5.03. The number of halogens is 6. The molecule has 4 aromatic heterocycles. The van der Waals surface area contributed by atoms with Crippen molar-refractivity contribution < 1.29 is 46.1 Å². The van der Waals surface area contributed by atoms with Gasteiger partial charge in [-0.25, -0.2) is 19.6 Å². The number of aryl methyl sites for hydroxylation is 1. The molecule has 1 saturated heterocycles. The maximum atomic E-state index is 10.6. The highest BCUT2D eigenvalue weighted by Gasteiger charge is 2.39. The molecule has 2 N–H and O–H groups in total. The minimum Gasteiger partial charge on any atom is -0.475 e. The Morgan fingerprint density at radius 2 is 1.66 bits per heavy atom. The number of pyridine rings is 1. The van der Waals surface area contributed by atoms with E-state index in [1.165, 1.54) is 16.8 Å². The Kier molecular flexibility index (Phi) is 11.1. The Labute approximate surface area is 251 Å². The number of hydrogen-bond acceptors (Lipinski definition) is 7. The molecule has 0 atom stereocenters. The molecule has 1 fully saturated rings. The van der Waals surface area contributed by atoms with Crippen molar-refractivity contribution in [2.75, 3.05) is 13.1 Å². The van der Waals surface area contributed by atoms with Gasteiger partial charge in [-0.3, -0.25) is 9.58 Å². The largest absolute Gasteiger partial charge is 0.490 e. The van der Waals surface area contributed by atoms with Crippen molar-refractivity contribution in [2.45, 2.75) is 57.5 Å². The molecule has 0 amide bonds. The van der Waals surface area contributed by atoms with E-state index in [4.69, 9.17) is 29.8 Å². The number of likely N-dealkylation sites (tertiary alicyclic amines) is 1. The number of nitrogens with zero attached hydrogens (tertiary/aromatic N) is 6. The summed E-state index contributed by atoms with van der Waals surface area (Å²) in [4.78, 5) is 30.2.